The van der Waals surface area contributed by atoms with Crippen LogP contribution in [0.15, 0.2) is 16.5 Å². The van der Waals surface area contributed by atoms with Crippen molar-refractivity contribution in [2.45, 2.75) is 27.0 Å². The van der Waals surface area contributed by atoms with E-state index in [0.29, 0.717) is 19.0 Å². The molecule has 0 saturated heterocycles. The van der Waals surface area contributed by atoms with Gasteiger partial charge in [-0.15, -0.1) is 5.10 Å². The topological polar surface area (TPSA) is 77.1 Å². The maximum Gasteiger partial charge on any atom is 0.233 e. The van der Waals surface area contributed by atoms with Gasteiger partial charge in [0.15, 0.2) is 0 Å². The molecule has 3 N–H and O–H groups in total. The highest BCUT2D eigenvalue weighted by molar-refractivity contribution is 5.21. The number of nitrogens with one attached hydrogen (secondary N) is 1. The van der Waals surface area contributed by atoms with Gasteiger partial charge in [-0.2, -0.15) is 0 Å². The van der Waals surface area contributed by atoms with Crippen LogP contribution in [-0.2, 0) is 13.2 Å². The van der Waals surface area contributed by atoms with Gasteiger partial charge in [0, 0.05) is 17.3 Å². The van der Waals surface area contributed by atoms with Crippen LogP contribution in [0.5, 0.6) is 5.88 Å². The summed E-state index contributed by atoms with van der Waals surface area (Å²) in [7, 11) is 0. The summed E-state index contributed by atoms with van der Waals surface area (Å²) in [5.74, 6) is 2.20. The first-order valence-electron chi connectivity index (χ1n) is 5.12. The molecule has 0 bridgehead atoms. The Balaban J connectivity index is 2.01. The molecule has 0 atom stereocenters. The molecule has 16 heavy (non-hydrogen) atoms. The van der Waals surface area contributed by atoms with Crippen molar-refractivity contribution >= 4 is 0 Å². The lowest BCUT2D eigenvalue weighted by atomic mass is 10.2. The molecule has 0 fully saturated rings. The van der Waals surface area contributed by atoms with Crippen LogP contribution >= 0.6 is 0 Å². The standard InChI is InChI=1S/C11H15N3O2/c1-7-3-11(14-13-7)15-6-9-4-10(5-12)16-8(9)2/h3-4H,5-6,12H2,1-2H3,(H,13,14). The van der Waals surface area contributed by atoms with Gasteiger partial charge in [0.1, 0.15) is 18.1 Å². The van der Waals surface area contributed by atoms with Gasteiger partial charge in [0.2, 0.25) is 5.88 Å². The zero-order valence-corrected chi connectivity index (χ0v) is 9.41. The zero-order valence-electron chi connectivity index (χ0n) is 9.41. The van der Waals surface area contributed by atoms with E-state index in [2.05, 4.69) is 10.2 Å². The Morgan fingerprint density at radius 2 is 2.25 bits per heavy atom. The van der Waals surface area contributed by atoms with Crippen molar-refractivity contribution in [3.8, 4) is 5.88 Å². The molecule has 2 aromatic rings. The van der Waals surface area contributed by atoms with Gasteiger partial charge in [0.05, 0.1) is 6.54 Å². The smallest absolute Gasteiger partial charge is 0.233 e. The van der Waals surface area contributed by atoms with Crippen LogP contribution in [0, 0.1) is 13.8 Å². The SMILES string of the molecule is Cc1cc(OCc2cc(CN)oc2C)n[nH]1. The average Bonchev–Trinajstić information content (AvgIpc) is 2.82. The van der Waals surface area contributed by atoms with Gasteiger partial charge in [0.25, 0.3) is 0 Å². The summed E-state index contributed by atoms with van der Waals surface area (Å²) in [5.41, 5.74) is 7.47. The third-order valence-corrected chi connectivity index (χ3v) is 2.33. The van der Waals surface area contributed by atoms with E-state index >= 15 is 0 Å². The van der Waals surface area contributed by atoms with Crippen molar-refractivity contribution < 1.29 is 9.15 Å². The number of aryl methyl sites for hydroxylation is 2. The molecule has 0 amide bonds. The van der Waals surface area contributed by atoms with Crippen LogP contribution in [0.4, 0.5) is 0 Å². The van der Waals surface area contributed by atoms with Gasteiger partial charge in [-0.1, -0.05) is 0 Å². The molecule has 0 radical (unpaired) electrons. The molecule has 0 saturated carbocycles. The summed E-state index contributed by atoms with van der Waals surface area (Å²) < 4.78 is 10.9. The second kappa shape index (κ2) is 4.40. The maximum absolute atomic E-state index is 5.51. The van der Waals surface area contributed by atoms with E-state index in [0.717, 1.165) is 22.8 Å². The number of aromatic nitrogens is 2. The molecule has 0 aromatic carbocycles. The molecule has 0 aliphatic heterocycles. The normalized spacial score (nSPS) is 10.7. The van der Waals surface area contributed by atoms with Crippen molar-refractivity contribution in [2.24, 2.45) is 5.73 Å². The minimum absolute atomic E-state index is 0.405. The Morgan fingerprint density at radius 3 is 2.81 bits per heavy atom. The summed E-state index contributed by atoms with van der Waals surface area (Å²) >= 11 is 0. The summed E-state index contributed by atoms with van der Waals surface area (Å²) in [6.45, 7) is 4.67. The van der Waals surface area contributed by atoms with Gasteiger partial charge >= 0.3 is 0 Å². The summed E-state index contributed by atoms with van der Waals surface area (Å²) in [6, 6.07) is 3.76. The third kappa shape index (κ3) is 2.25. The highest BCUT2D eigenvalue weighted by atomic mass is 16.5. The van der Waals surface area contributed by atoms with E-state index in [4.69, 9.17) is 14.9 Å². The quantitative estimate of drug-likeness (QED) is 0.823. The Morgan fingerprint density at radius 1 is 1.44 bits per heavy atom. The van der Waals surface area contributed by atoms with Gasteiger partial charge in [-0.25, -0.2) is 0 Å². The highest BCUT2D eigenvalue weighted by Crippen LogP contribution is 2.17. The van der Waals surface area contributed by atoms with E-state index in [9.17, 15) is 0 Å². The lowest BCUT2D eigenvalue weighted by molar-refractivity contribution is 0.290. The monoisotopic (exact) mass is 221 g/mol. The molecule has 5 heteroatoms. The molecule has 0 unspecified atom stereocenters. The lowest BCUT2D eigenvalue weighted by Gasteiger charge is -1.99. The number of aromatic amines is 1. The maximum atomic E-state index is 5.51. The number of ether oxygens (including phenoxy) is 1. The first-order chi connectivity index (χ1) is 7.69. The molecule has 2 aromatic heterocycles. The number of nitrogens with zero attached hydrogens (tertiary/aromatic N) is 1. The molecule has 0 aliphatic rings. The van der Waals surface area contributed by atoms with Crippen molar-refractivity contribution in [3.63, 3.8) is 0 Å². The molecule has 0 spiro atoms. The molecule has 0 aliphatic carbocycles. The average molecular weight is 221 g/mol. The Kier molecular flexibility index (Phi) is 2.96. The fourth-order valence-corrected chi connectivity index (χ4v) is 1.45. The van der Waals surface area contributed by atoms with Crippen LogP contribution in [0.2, 0.25) is 0 Å². The second-order valence-electron chi connectivity index (χ2n) is 3.68. The van der Waals surface area contributed by atoms with E-state index in [1.54, 1.807) is 0 Å². The molecule has 2 heterocycles. The number of nitrogens with two attached hydrogens (primary N) is 1. The molecular weight excluding hydrogens is 206 g/mol. The van der Waals surface area contributed by atoms with Crippen LogP contribution in [-0.4, -0.2) is 10.2 Å². The highest BCUT2D eigenvalue weighted by Gasteiger charge is 2.07. The van der Waals surface area contributed by atoms with Crippen molar-refractivity contribution in [1.82, 2.24) is 10.2 Å². The van der Waals surface area contributed by atoms with Gasteiger partial charge in [-0.3, -0.25) is 5.10 Å². The Bertz CT molecular complexity index is 473. The predicted octanol–water partition coefficient (Wildman–Crippen LogP) is 1.66. The van der Waals surface area contributed by atoms with E-state index in [1.807, 2.05) is 26.0 Å². The minimum atomic E-state index is 0.405. The number of H-pyrrole nitrogens is 1. The molecule has 5 nitrogen and oxygen atoms in total. The second-order valence-corrected chi connectivity index (χ2v) is 3.68. The Labute approximate surface area is 93.6 Å². The van der Waals surface area contributed by atoms with Gasteiger partial charge in [-0.05, 0) is 19.9 Å². The van der Waals surface area contributed by atoms with E-state index in [-0.39, 0.29) is 0 Å². The van der Waals surface area contributed by atoms with Crippen molar-refractivity contribution in [3.05, 3.63) is 34.9 Å². The molecule has 86 valence electrons. The fraction of sp³-hybridized carbons (Fsp3) is 0.364. The minimum Gasteiger partial charge on any atom is -0.472 e. The Hall–Kier alpha value is -1.75. The first-order valence-corrected chi connectivity index (χ1v) is 5.12. The number of rotatable bonds is 4. The first kappa shape index (κ1) is 10.8. The number of furan rings is 1. The van der Waals surface area contributed by atoms with Crippen molar-refractivity contribution in [2.75, 3.05) is 0 Å². The number of hydrogen-bond donors (Lipinski definition) is 2. The van der Waals surface area contributed by atoms with E-state index in [1.165, 1.54) is 0 Å². The van der Waals surface area contributed by atoms with Crippen molar-refractivity contribution in [1.29, 1.82) is 0 Å². The van der Waals surface area contributed by atoms with Crippen LogP contribution in [0.3, 0.4) is 0 Å². The predicted molar refractivity (Wildman–Crippen MR) is 59.0 cm³/mol. The summed E-state index contributed by atoms with van der Waals surface area (Å²) in [6.07, 6.45) is 0. The summed E-state index contributed by atoms with van der Waals surface area (Å²) in [4.78, 5) is 0. The molecule has 2 rings (SSSR count). The largest absolute Gasteiger partial charge is 0.472 e. The van der Waals surface area contributed by atoms with Gasteiger partial charge < -0.3 is 14.9 Å². The molecular formula is C11H15N3O2. The van der Waals surface area contributed by atoms with E-state index < -0.39 is 0 Å². The summed E-state index contributed by atoms with van der Waals surface area (Å²) in [5, 5.41) is 6.80. The third-order valence-electron chi connectivity index (χ3n) is 2.33. The number of hydrogen-bond acceptors (Lipinski definition) is 4. The van der Waals surface area contributed by atoms with Crippen LogP contribution in [0.25, 0.3) is 0 Å². The zero-order chi connectivity index (χ0) is 11.5. The fourth-order valence-electron chi connectivity index (χ4n) is 1.45. The lowest BCUT2D eigenvalue weighted by Crippen LogP contribution is -1.96. The van der Waals surface area contributed by atoms with Crippen LogP contribution in [0.1, 0.15) is 22.8 Å². The van der Waals surface area contributed by atoms with Crippen LogP contribution < -0.4 is 10.5 Å².